The number of hydrogen-bond donors (Lipinski definition) is 1. The highest BCUT2D eigenvalue weighted by atomic mass is 35.5. The summed E-state index contributed by atoms with van der Waals surface area (Å²) < 4.78 is 11.3. The Morgan fingerprint density at radius 1 is 1.15 bits per heavy atom. The van der Waals surface area contributed by atoms with Crippen LogP contribution in [0.25, 0.3) is 0 Å². The topological polar surface area (TPSA) is 44.5 Å². The molecule has 0 saturated carbocycles. The van der Waals surface area contributed by atoms with Gasteiger partial charge in [0.25, 0.3) is 0 Å². The van der Waals surface area contributed by atoms with Crippen LogP contribution >= 0.6 is 11.6 Å². The zero-order valence-corrected chi connectivity index (χ0v) is 13.3. The zero-order valence-electron chi connectivity index (χ0n) is 12.6. The van der Waals surface area contributed by atoms with E-state index in [4.69, 9.17) is 26.8 Å². The van der Waals surface area contributed by atoms with Gasteiger partial charge in [0.15, 0.2) is 11.5 Å². The minimum atomic E-state index is 0.566. The molecule has 2 N–H and O–H groups in total. The summed E-state index contributed by atoms with van der Waals surface area (Å²) in [7, 11) is 1.63. The first-order chi connectivity index (χ1) is 9.72. The molecule has 0 aliphatic carbocycles. The van der Waals surface area contributed by atoms with Crippen molar-refractivity contribution in [3.63, 3.8) is 0 Å². The van der Waals surface area contributed by atoms with Gasteiger partial charge in [-0.3, -0.25) is 0 Å². The number of hydrogen-bond acceptors (Lipinski definition) is 3. The molecule has 0 heterocycles. The molecule has 0 aromatic heterocycles. The normalized spacial score (nSPS) is 10.6. The Morgan fingerprint density at radius 2 is 1.90 bits per heavy atom. The van der Waals surface area contributed by atoms with Gasteiger partial charge in [0.2, 0.25) is 0 Å². The Morgan fingerprint density at radius 3 is 2.55 bits per heavy atom. The van der Waals surface area contributed by atoms with Crippen molar-refractivity contribution < 1.29 is 9.47 Å². The number of methoxy groups -OCH3 is 1. The van der Waals surface area contributed by atoms with Crippen LogP contribution in [0.3, 0.4) is 0 Å². The van der Waals surface area contributed by atoms with Crippen LogP contribution in [0.1, 0.15) is 44.6 Å². The van der Waals surface area contributed by atoms with Crippen molar-refractivity contribution in [1.82, 2.24) is 0 Å². The Labute approximate surface area is 127 Å². The van der Waals surface area contributed by atoms with E-state index in [1.54, 1.807) is 13.2 Å². The van der Waals surface area contributed by atoms with Gasteiger partial charge in [0, 0.05) is 16.7 Å². The van der Waals surface area contributed by atoms with Crippen LogP contribution in [0.2, 0.25) is 5.02 Å². The molecule has 3 nitrogen and oxygen atoms in total. The molecule has 0 fully saturated rings. The zero-order chi connectivity index (χ0) is 14.8. The third-order valence-corrected chi connectivity index (χ3v) is 3.44. The van der Waals surface area contributed by atoms with E-state index in [9.17, 15) is 0 Å². The lowest BCUT2D eigenvalue weighted by molar-refractivity contribution is 0.282. The number of ether oxygens (including phenoxy) is 2. The van der Waals surface area contributed by atoms with Gasteiger partial charge in [-0.2, -0.15) is 0 Å². The van der Waals surface area contributed by atoms with Gasteiger partial charge in [0.05, 0.1) is 13.7 Å². The largest absolute Gasteiger partial charge is 0.493 e. The fourth-order valence-electron chi connectivity index (χ4n) is 2.16. The van der Waals surface area contributed by atoms with Gasteiger partial charge < -0.3 is 15.2 Å². The maximum absolute atomic E-state index is 6.08. The first-order valence-corrected chi connectivity index (χ1v) is 7.80. The second-order valence-corrected chi connectivity index (χ2v) is 5.33. The molecule has 114 valence electrons. The maximum Gasteiger partial charge on any atom is 0.164 e. The summed E-state index contributed by atoms with van der Waals surface area (Å²) in [5, 5.41) is 0.653. The minimum absolute atomic E-state index is 0.566. The Bertz CT molecular complexity index is 396. The monoisotopic (exact) mass is 299 g/mol. The van der Waals surface area contributed by atoms with Gasteiger partial charge in [0.1, 0.15) is 0 Å². The van der Waals surface area contributed by atoms with Crippen LogP contribution in [0.15, 0.2) is 12.1 Å². The Hall–Kier alpha value is -0.930. The highest BCUT2D eigenvalue weighted by Crippen LogP contribution is 2.35. The van der Waals surface area contributed by atoms with E-state index in [2.05, 4.69) is 6.92 Å². The first kappa shape index (κ1) is 17.1. The molecule has 0 aliphatic heterocycles. The van der Waals surface area contributed by atoms with Crippen molar-refractivity contribution in [2.45, 2.75) is 45.4 Å². The molecule has 0 atom stereocenters. The molecule has 0 amide bonds. The highest BCUT2D eigenvalue weighted by molar-refractivity contribution is 6.30. The number of unbranched alkanes of at least 4 members (excludes halogenated alkanes) is 4. The summed E-state index contributed by atoms with van der Waals surface area (Å²) >= 11 is 6.08. The molecule has 1 aromatic rings. The summed E-state index contributed by atoms with van der Waals surface area (Å²) in [6.07, 6.45) is 6.83. The Kier molecular flexibility index (Phi) is 8.47. The number of nitrogens with two attached hydrogens (primary N) is 1. The van der Waals surface area contributed by atoms with Crippen molar-refractivity contribution >= 4 is 11.6 Å². The summed E-state index contributed by atoms with van der Waals surface area (Å²) in [6.45, 7) is 3.49. The molecular weight excluding hydrogens is 274 g/mol. The molecule has 1 aromatic carbocycles. The maximum atomic E-state index is 6.08. The van der Waals surface area contributed by atoms with Gasteiger partial charge in [-0.1, -0.05) is 44.2 Å². The number of halogens is 1. The molecule has 0 saturated heterocycles. The average molecular weight is 300 g/mol. The SMILES string of the molecule is CCCCCCCOc1c(CCN)cc(Cl)cc1OC. The Balaban J connectivity index is 2.61. The summed E-state index contributed by atoms with van der Waals surface area (Å²) in [6, 6.07) is 3.69. The lowest BCUT2D eigenvalue weighted by Gasteiger charge is -2.15. The van der Waals surface area contributed by atoms with Crippen molar-refractivity contribution in [1.29, 1.82) is 0 Å². The summed E-state index contributed by atoms with van der Waals surface area (Å²) in [5.74, 6) is 1.48. The van der Waals surface area contributed by atoms with Crippen molar-refractivity contribution in [2.75, 3.05) is 20.3 Å². The molecule has 4 heteroatoms. The molecule has 1 rings (SSSR count). The quantitative estimate of drug-likeness (QED) is 0.659. The molecule has 20 heavy (non-hydrogen) atoms. The predicted octanol–water partition coefficient (Wildman–Crippen LogP) is 4.20. The van der Waals surface area contributed by atoms with Crippen LogP contribution in [0, 0.1) is 0 Å². The lowest BCUT2D eigenvalue weighted by Crippen LogP contribution is -2.07. The van der Waals surface area contributed by atoms with E-state index in [-0.39, 0.29) is 0 Å². The fraction of sp³-hybridized carbons (Fsp3) is 0.625. The van der Waals surface area contributed by atoms with E-state index in [1.807, 2.05) is 6.07 Å². The molecule has 0 unspecified atom stereocenters. The number of benzene rings is 1. The summed E-state index contributed by atoms with van der Waals surface area (Å²) in [5.41, 5.74) is 6.66. The third kappa shape index (κ3) is 5.59. The fourth-order valence-corrected chi connectivity index (χ4v) is 2.39. The second-order valence-electron chi connectivity index (χ2n) is 4.90. The standard InChI is InChI=1S/C16H26ClNO2/c1-3-4-5-6-7-10-20-16-13(8-9-18)11-14(17)12-15(16)19-2/h11-12H,3-10,18H2,1-2H3. The van der Waals surface area contributed by atoms with E-state index in [0.29, 0.717) is 23.9 Å². The number of rotatable bonds is 10. The molecule has 0 spiro atoms. The van der Waals surface area contributed by atoms with Gasteiger partial charge in [-0.15, -0.1) is 0 Å². The van der Waals surface area contributed by atoms with Crippen LogP contribution in [-0.2, 0) is 6.42 Å². The van der Waals surface area contributed by atoms with Crippen LogP contribution in [0.5, 0.6) is 11.5 Å². The first-order valence-electron chi connectivity index (χ1n) is 7.42. The van der Waals surface area contributed by atoms with Gasteiger partial charge in [-0.05, 0) is 25.5 Å². The van der Waals surface area contributed by atoms with E-state index in [0.717, 1.165) is 24.2 Å². The molecule has 0 aliphatic rings. The van der Waals surface area contributed by atoms with Crippen LogP contribution in [0.4, 0.5) is 0 Å². The van der Waals surface area contributed by atoms with E-state index >= 15 is 0 Å². The van der Waals surface area contributed by atoms with E-state index in [1.165, 1.54) is 25.7 Å². The predicted molar refractivity (Wildman–Crippen MR) is 85.0 cm³/mol. The highest BCUT2D eigenvalue weighted by Gasteiger charge is 2.12. The smallest absolute Gasteiger partial charge is 0.164 e. The van der Waals surface area contributed by atoms with Gasteiger partial charge >= 0.3 is 0 Å². The van der Waals surface area contributed by atoms with Crippen molar-refractivity contribution in [2.24, 2.45) is 5.73 Å². The lowest BCUT2D eigenvalue weighted by atomic mass is 10.1. The van der Waals surface area contributed by atoms with Crippen LogP contribution in [-0.4, -0.2) is 20.3 Å². The van der Waals surface area contributed by atoms with Gasteiger partial charge in [-0.25, -0.2) is 0 Å². The molecule has 0 bridgehead atoms. The van der Waals surface area contributed by atoms with E-state index < -0.39 is 0 Å². The molecular formula is C16H26ClNO2. The molecule has 0 radical (unpaired) electrons. The second kappa shape index (κ2) is 9.89. The minimum Gasteiger partial charge on any atom is -0.493 e. The summed E-state index contributed by atoms with van der Waals surface area (Å²) in [4.78, 5) is 0. The average Bonchev–Trinajstić information content (AvgIpc) is 2.44. The third-order valence-electron chi connectivity index (χ3n) is 3.22. The van der Waals surface area contributed by atoms with Crippen molar-refractivity contribution in [3.05, 3.63) is 22.7 Å². The van der Waals surface area contributed by atoms with Crippen molar-refractivity contribution in [3.8, 4) is 11.5 Å². The van der Waals surface area contributed by atoms with Crippen LogP contribution < -0.4 is 15.2 Å².